The number of halogens is 4. The second kappa shape index (κ2) is 9.46. The van der Waals surface area contributed by atoms with Gasteiger partial charge in [-0.1, -0.05) is 54.1 Å². The van der Waals surface area contributed by atoms with Crippen LogP contribution in [0.3, 0.4) is 0 Å². The lowest BCUT2D eigenvalue weighted by Crippen LogP contribution is -2.32. The van der Waals surface area contributed by atoms with Gasteiger partial charge in [0.1, 0.15) is 5.58 Å². The van der Waals surface area contributed by atoms with E-state index in [-0.39, 0.29) is 22.5 Å². The van der Waals surface area contributed by atoms with Crippen LogP contribution < -0.4 is 15.5 Å². The summed E-state index contributed by atoms with van der Waals surface area (Å²) in [5.41, 5.74) is -0.492. The molecule has 0 fully saturated rings. The predicted molar refractivity (Wildman–Crippen MR) is 128 cm³/mol. The Morgan fingerprint density at radius 3 is 2.40 bits per heavy atom. The van der Waals surface area contributed by atoms with E-state index in [1.807, 2.05) is 0 Å². The van der Waals surface area contributed by atoms with Crippen molar-refractivity contribution in [2.24, 2.45) is 0 Å². The fourth-order valence-electron chi connectivity index (χ4n) is 3.49. The number of fused-ring (bicyclic) bond motifs is 1. The summed E-state index contributed by atoms with van der Waals surface area (Å²) in [6.07, 6.45) is -5.99. The first kappa shape index (κ1) is 24.3. The Morgan fingerprint density at radius 1 is 1.06 bits per heavy atom. The summed E-state index contributed by atoms with van der Waals surface area (Å²) < 4.78 is 51.6. The maximum absolute atomic E-state index is 13.4. The molecule has 1 heterocycles. The standard InChI is InChI=1S/C26H19ClF3NO4/c1-14-12-21-17(13-19(14)27)22(32)24(23(35-21)16-8-4-3-5-9-16)34-15(2)25(33)31-20-11-7-6-10-18(20)26(28,29)30/h3-13,15H,1-2H3,(H,31,33). The highest BCUT2D eigenvalue weighted by molar-refractivity contribution is 6.32. The Labute approximate surface area is 203 Å². The minimum absolute atomic E-state index is 0.0835. The van der Waals surface area contributed by atoms with Gasteiger partial charge in [-0.15, -0.1) is 0 Å². The molecule has 1 atom stereocenters. The zero-order valence-corrected chi connectivity index (χ0v) is 19.3. The number of carbonyl (C=O) groups excluding carboxylic acids is 1. The number of para-hydroxylation sites is 1. The number of alkyl halides is 3. The lowest BCUT2D eigenvalue weighted by atomic mass is 10.1. The molecule has 5 nitrogen and oxygen atoms in total. The van der Waals surface area contributed by atoms with E-state index in [0.717, 1.165) is 12.1 Å². The van der Waals surface area contributed by atoms with E-state index >= 15 is 0 Å². The number of amides is 1. The van der Waals surface area contributed by atoms with Crippen molar-refractivity contribution in [1.82, 2.24) is 0 Å². The Balaban J connectivity index is 1.74. The monoisotopic (exact) mass is 501 g/mol. The molecule has 1 aromatic heterocycles. The summed E-state index contributed by atoms with van der Waals surface area (Å²) in [5, 5.41) is 2.72. The van der Waals surface area contributed by atoms with Crippen molar-refractivity contribution in [1.29, 1.82) is 0 Å². The van der Waals surface area contributed by atoms with Crippen LogP contribution in [-0.4, -0.2) is 12.0 Å². The summed E-state index contributed by atoms with van der Waals surface area (Å²) in [7, 11) is 0. The molecule has 0 aliphatic heterocycles. The van der Waals surface area contributed by atoms with Gasteiger partial charge in [-0.2, -0.15) is 13.2 Å². The minimum Gasteiger partial charge on any atom is -0.473 e. The lowest BCUT2D eigenvalue weighted by molar-refractivity contribution is -0.137. The summed E-state index contributed by atoms with van der Waals surface area (Å²) in [6, 6.07) is 16.3. The first-order valence-electron chi connectivity index (χ1n) is 10.5. The van der Waals surface area contributed by atoms with Gasteiger partial charge in [0.25, 0.3) is 5.91 Å². The van der Waals surface area contributed by atoms with Crippen molar-refractivity contribution in [3.63, 3.8) is 0 Å². The molecule has 0 bridgehead atoms. The summed E-state index contributed by atoms with van der Waals surface area (Å²) >= 11 is 6.19. The molecule has 0 spiro atoms. The average Bonchev–Trinajstić information content (AvgIpc) is 2.82. The summed E-state index contributed by atoms with van der Waals surface area (Å²) in [5.74, 6) is -1.04. The number of benzene rings is 3. The van der Waals surface area contributed by atoms with Gasteiger partial charge in [0.2, 0.25) is 11.2 Å². The highest BCUT2D eigenvalue weighted by Gasteiger charge is 2.34. The van der Waals surface area contributed by atoms with Crippen LogP contribution in [0.25, 0.3) is 22.3 Å². The Hall–Kier alpha value is -3.78. The fourth-order valence-corrected chi connectivity index (χ4v) is 3.65. The van der Waals surface area contributed by atoms with Gasteiger partial charge in [-0.05, 0) is 43.7 Å². The van der Waals surface area contributed by atoms with E-state index in [2.05, 4.69) is 5.32 Å². The van der Waals surface area contributed by atoms with Crippen LogP contribution in [0.5, 0.6) is 5.75 Å². The van der Waals surface area contributed by atoms with Crippen LogP contribution in [0, 0.1) is 6.92 Å². The van der Waals surface area contributed by atoms with Crippen LogP contribution in [-0.2, 0) is 11.0 Å². The number of carbonyl (C=O) groups is 1. The van der Waals surface area contributed by atoms with Gasteiger partial charge in [0.15, 0.2) is 11.9 Å². The SMILES string of the molecule is Cc1cc2oc(-c3ccccc3)c(OC(C)C(=O)Nc3ccccc3C(F)(F)F)c(=O)c2cc1Cl. The zero-order valence-electron chi connectivity index (χ0n) is 18.6. The number of anilines is 1. The van der Waals surface area contributed by atoms with Gasteiger partial charge < -0.3 is 14.5 Å². The van der Waals surface area contributed by atoms with Crippen LogP contribution in [0.2, 0.25) is 5.02 Å². The molecule has 0 saturated carbocycles. The summed E-state index contributed by atoms with van der Waals surface area (Å²) in [6.45, 7) is 3.09. The summed E-state index contributed by atoms with van der Waals surface area (Å²) in [4.78, 5) is 26.1. The molecule has 35 heavy (non-hydrogen) atoms. The normalized spacial score (nSPS) is 12.4. The van der Waals surface area contributed by atoms with Crippen molar-refractivity contribution in [2.75, 3.05) is 5.32 Å². The van der Waals surface area contributed by atoms with Gasteiger partial charge in [0, 0.05) is 10.6 Å². The molecule has 1 N–H and O–H groups in total. The first-order valence-corrected chi connectivity index (χ1v) is 10.9. The largest absolute Gasteiger partial charge is 0.473 e. The van der Waals surface area contributed by atoms with Crippen LogP contribution >= 0.6 is 11.6 Å². The van der Waals surface area contributed by atoms with Crippen molar-refractivity contribution in [3.8, 4) is 17.1 Å². The second-order valence-corrected chi connectivity index (χ2v) is 8.25. The third-order valence-electron chi connectivity index (χ3n) is 5.32. The third-order valence-corrected chi connectivity index (χ3v) is 5.73. The van der Waals surface area contributed by atoms with E-state index < -0.39 is 34.9 Å². The number of ether oxygens (including phenoxy) is 1. The highest BCUT2D eigenvalue weighted by atomic mass is 35.5. The molecule has 9 heteroatoms. The number of aryl methyl sites for hydroxylation is 1. The maximum atomic E-state index is 13.4. The van der Waals surface area contributed by atoms with Gasteiger partial charge in [-0.3, -0.25) is 9.59 Å². The van der Waals surface area contributed by atoms with Crippen LogP contribution in [0.15, 0.2) is 75.9 Å². The smallest absolute Gasteiger partial charge is 0.418 e. The fraction of sp³-hybridized carbons (Fsp3) is 0.154. The minimum atomic E-state index is -4.66. The Kier molecular flexibility index (Phi) is 6.58. The van der Waals surface area contributed by atoms with Crippen LogP contribution in [0.4, 0.5) is 18.9 Å². The number of nitrogens with one attached hydrogen (secondary N) is 1. The third kappa shape index (κ3) is 5.02. The number of hydrogen-bond acceptors (Lipinski definition) is 4. The molecular weight excluding hydrogens is 483 g/mol. The first-order chi connectivity index (χ1) is 16.6. The van der Waals surface area contributed by atoms with Crippen molar-refractivity contribution >= 4 is 34.2 Å². The van der Waals surface area contributed by atoms with E-state index in [1.165, 1.54) is 25.1 Å². The maximum Gasteiger partial charge on any atom is 0.418 e. The highest BCUT2D eigenvalue weighted by Crippen LogP contribution is 2.35. The van der Waals surface area contributed by atoms with Crippen molar-refractivity contribution in [2.45, 2.75) is 26.1 Å². The van der Waals surface area contributed by atoms with Gasteiger partial charge in [0.05, 0.1) is 16.6 Å². The quantitative estimate of drug-likeness (QED) is 0.325. The number of rotatable bonds is 5. The Bertz CT molecular complexity index is 1470. The molecule has 0 aliphatic carbocycles. The lowest BCUT2D eigenvalue weighted by Gasteiger charge is -2.19. The second-order valence-electron chi connectivity index (χ2n) is 7.85. The van der Waals surface area contributed by atoms with Crippen LogP contribution in [0.1, 0.15) is 18.1 Å². The molecular formula is C26H19ClF3NO4. The molecule has 3 aromatic carbocycles. The van der Waals surface area contributed by atoms with Crippen molar-refractivity contribution in [3.05, 3.63) is 93.1 Å². The van der Waals surface area contributed by atoms with E-state index in [4.69, 9.17) is 20.8 Å². The van der Waals surface area contributed by atoms with Gasteiger partial charge >= 0.3 is 6.18 Å². The van der Waals surface area contributed by atoms with Gasteiger partial charge in [-0.25, -0.2) is 0 Å². The predicted octanol–water partition coefficient (Wildman–Crippen LogP) is 6.85. The van der Waals surface area contributed by atoms with Crippen molar-refractivity contribution < 1.29 is 27.1 Å². The van der Waals surface area contributed by atoms with E-state index in [0.29, 0.717) is 16.1 Å². The molecule has 0 aliphatic rings. The molecule has 1 amide bonds. The molecule has 180 valence electrons. The molecule has 0 radical (unpaired) electrons. The topological polar surface area (TPSA) is 68.5 Å². The number of hydrogen-bond donors (Lipinski definition) is 1. The molecule has 4 aromatic rings. The average molecular weight is 502 g/mol. The zero-order chi connectivity index (χ0) is 25.3. The van der Waals surface area contributed by atoms with E-state index in [9.17, 15) is 22.8 Å². The molecule has 4 rings (SSSR count). The molecule has 1 unspecified atom stereocenters. The van der Waals surface area contributed by atoms with E-state index in [1.54, 1.807) is 43.3 Å². The molecule has 0 saturated heterocycles. The Morgan fingerprint density at radius 2 is 1.71 bits per heavy atom.